The third-order valence-electron chi connectivity index (χ3n) is 4.05. The van der Waals surface area contributed by atoms with Gasteiger partial charge in [-0.05, 0) is 23.8 Å². The molecule has 0 saturated carbocycles. The number of benzene rings is 1. The fourth-order valence-electron chi connectivity index (χ4n) is 2.53. The molecule has 118 valence electrons. The summed E-state index contributed by atoms with van der Waals surface area (Å²) in [5, 5.41) is 13.3. The van der Waals surface area contributed by atoms with Crippen molar-refractivity contribution in [3.8, 4) is 0 Å². The second kappa shape index (κ2) is 8.49. The van der Waals surface area contributed by atoms with Gasteiger partial charge in [-0.2, -0.15) is 0 Å². The van der Waals surface area contributed by atoms with Gasteiger partial charge in [0.1, 0.15) is 0 Å². The zero-order chi connectivity index (χ0) is 15.0. The molecule has 0 spiro atoms. The summed E-state index contributed by atoms with van der Waals surface area (Å²) in [6.45, 7) is 6.38. The Bertz CT molecular complexity index is 390. The molecule has 0 amide bonds. The largest absolute Gasteiger partial charge is 0.389 e. The predicted molar refractivity (Wildman–Crippen MR) is 83.1 cm³/mol. The quantitative estimate of drug-likeness (QED) is 0.769. The van der Waals surface area contributed by atoms with E-state index in [0.29, 0.717) is 25.2 Å². The smallest absolute Gasteiger partial charge is 0.0897 e. The molecule has 4 nitrogen and oxygen atoms in total. The lowest BCUT2D eigenvalue weighted by atomic mass is 9.82. The van der Waals surface area contributed by atoms with Gasteiger partial charge in [-0.25, -0.2) is 0 Å². The summed E-state index contributed by atoms with van der Waals surface area (Å²) in [6.07, 6.45) is 1.71. The molecule has 1 aromatic rings. The van der Waals surface area contributed by atoms with Crippen LogP contribution in [0.4, 0.5) is 0 Å². The summed E-state index contributed by atoms with van der Waals surface area (Å²) in [5.41, 5.74) is 1.43. The molecule has 0 bridgehead atoms. The summed E-state index contributed by atoms with van der Waals surface area (Å²) in [7, 11) is 0. The van der Waals surface area contributed by atoms with Crippen LogP contribution in [0.2, 0.25) is 0 Å². The molecular weight excluding hydrogens is 266 g/mol. The van der Waals surface area contributed by atoms with Gasteiger partial charge in [-0.3, -0.25) is 0 Å². The van der Waals surface area contributed by atoms with Crippen molar-refractivity contribution >= 4 is 0 Å². The number of hydrogen-bond donors (Lipinski definition) is 2. The van der Waals surface area contributed by atoms with E-state index in [1.807, 2.05) is 30.3 Å². The predicted octanol–water partition coefficient (Wildman–Crippen LogP) is 1.97. The maximum Gasteiger partial charge on any atom is 0.0897 e. The number of aliphatic hydroxyl groups is 1. The Balaban J connectivity index is 1.56. The fourth-order valence-corrected chi connectivity index (χ4v) is 2.53. The van der Waals surface area contributed by atoms with E-state index in [4.69, 9.17) is 9.47 Å². The molecular formula is C17H27NO3. The summed E-state index contributed by atoms with van der Waals surface area (Å²) in [5.74, 6) is 0. The van der Waals surface area contributed by atoms with Crippen LogP contribution in [0.25, 0.3) is 0 Å². The van der Waals surface area contributed by atoms with Gasteiger partial charge in [0.05, 0.1) is 19.3 Å². The van der Waals surface area contributed by atoms with Gasteiger partial charge in [0.25, 0.3) is 0 Å². The maximum atomic E-state index is 9.93. The molecule has 2 rings (SSSR count). The first-order valence-electron chi connectivity index (χ1n) is 7.76. The highest BCUT2D eigenvalue weighted by molar-refractivity contribution is 5.13. The minimum atomic E-state index is -0.461. The van der Waals surface area contributed by atoms with Crippen LogP contribution in [-0.4, -0.2) is 44.1 Å². The molecule has 4 heteroatoms. The van der Waals surface area contributed by atoms with E-state index >= 15 is 0 Å². The lowest BCUT2D eigenvalue weighted by Crippen LogP contribution is -2.40. The molecule has 21 heavy (non-hydrogen) atoms. The van der Waals surface area contributed by atoms with Crippen molar-refractivity contribution in [3.05, 3.63) is 35.9 Å². The number of ether oxygens (including phenoxy) is 2. The number of rotatable bonds is 8. The third-order valence-corrected chi connectivity index (χ3v) is 4.05. The highest BCUT2D eigenvalue weighted by Crippen LogP contribution is 2.28. The van der Waals surface area contributed by atoms with Crippen LogP contribution in [0.3, 0.4) is 0 Å². The van der Waals surface area contributed by atoms with Crippen molar-refractivity contribution < 1.29 is 14.6 Å². The van der Waals surface area contributed by atoms with Crippen LogP contribution in [0, 0.1) is 5.41 Å². The molecule has 1 saturated heterocycles. The Morgan fingerprint density at radius 2 is 2.00 bits per heavy atom. The third kappa shape index (κ3) is 6.14. The second-order valence-electron chi connectivity index (χ2n) is 6.21. The topological polar surface area (TPSA) is 50.7 Å². The van der Waals surface area contributed by atoms with Crippen molar-refractivity contribution in [2.75, 3.05) is 32.9 Å². The molecule has 2 N–H and O–H groups in total. The maximum absolute atomic E-state index is 9.93. The SMILES string of the molecule is CC1(CNCC(O)COCc2ccccc2)CCOCC1. The van der Waals surface area contributed by atoms with E-state index in [2.05, 4.69) is 12.2 Å². The van der Waals surface area contributed by atoms with Crippen LogP contribution in [-0.2, 0) is 16.1 Å². The van der Waals surface area contributed by atoms with Crippen molar-refractivity contribution in [1.82, 2.24) is 5.32 Å². The van der Waals surface area contributed by atoms with Gasteiger partial charge in [0, 0.05) is 26.3 Å². The summed E-state index contributed by atoms with van der Waals surface area (Å²) < 4.78 is 10.9. The molecule has 1 fully saturated rings. The van der Waals surface area contributed by atoms with Crippen LogP contribution < -0.4 is 5.32 Å². The van der Waals surface area contributed by atoms with Crippen molar-refractivity contribution in [1.29, 1.82) is 0 Å². The minimum Gasteiger partial charge on any atom is -0.389 e. The van der Waals surface area contributed by atoms with Gasteiger partial charge in [-0.1, -0.05) is 37.3 Å². The average Bonchev–Trinajstić information content (AvgIpc) is 2.49. The van der Waals surface area contributed by atoms with Crippen LogP contribution in [0.1, 0.15) is 25.3 Å². The van der Waals surface area contributed by atoms with Gasteiger partial charge in [0.2, 0.25) is 0 Å². The van der Waals surface area contributed by atoms with Gasteiger partial charge in [-0.15, -0.1) is 0 Å². The first-order chi connectivity index (χ1) is 10.2. The molecule has 1 heterocycles. The zero-order valence-electron chi connectivity index (χ0n) is 12.9. The summed E-state index contributed by atoms with van der Waals surface area (Å²) in [6, 6.07) is 10.0. The highest BCUT2D eigenvalue weighted by Gasteiger charge is 2.26. The lowest BCUT2D eigenvalue weighted by molar-refractivity contribution is 0.0137. The Kier molecular flexibility index (Phi) is 6.64. The summed E-state index contributed by atoms with van der Waals surface area (Å²) >= 11 is 0. The zero-order valence-corrected chi connectivity index (χ0v) is 12.9. The normalized spacial score (nSPS) is 19.3. The van der Waals surface area contributed by atoms with Crippen molar-refractivity contribution in [2.24, 2.45) is 5.41 Å². The van der Waals surface area contributed by atoms with Gasteiger partial charge in [0.15, 0.2) is 0 Å². The molecule has 0 aromatic heterocycles. The Morgan fingerprint density at radius 3 is 2.71 bits per heavy atom. The van der Waals surface area contributed by atoms with Gasteiger partial charge >= 0.3 is 0 Å². The molecule has 1 aliphatic rings. The molecule has 1 unspecified atom stereocenters. The molecule has 1 atom stereocenters. The van der Waals surface area contributed by atoms with Crippen LogP contribution >= 0.6 is 0 Å². The Morgan fingerprint density at radius 1 is 1.29 bits per heavy atom. The van der Waals surface area contributed by atoms with E-state index in [1.54, 1.807) is 0 Å². The number of aliphatic hydroxyl groups excluding tert-OH is 1. The second-order valence-corrected chi connectivity index (χ2v) is 6.21. The standard InChI is InChI=1S/C17H27NO3/c1-17(7-9-20-10-8-17)14-18-11-16(19)13-21-12-15-5-3-2-4-6-15/h2-6,16,18-19H,7-14H2,1H3. The van der Waals surface area contributed by atoms with Crippen LogP contribution in [0.15, 0.2) is 30.3 Å². The Labute approximate surface area is 127 Å². The fraction of sp³-hybridized carbons (Fsp3) is 0.647. The minimum absolute atomic E-state index is 0.295. The Hall–Kier alpha value is -0.940. The molecule has 0 aliphatic carbocycles. The van der Waals surface area contributed by atoms with Crippen molar-refractivity contribution in [3.63, 3.8) is 0 Å². The lowest BCUT2D eigenvalue weighted by Gasteiger charge is -2.34. The van der Waals surface area contributed by atoms with E-state index in [9.17, 15) is 5.11 Å². The average molecular weight is 293 g/mol. The molecule has 1 aromatic carbocycles. The first-order valence-corrected chi connectivity index (χ1v) is 7.76. The van der Waals surface area contributed by atoms with E-state index < -0.39 is 6.10 Å². The van der Waals surface area contributed by atoms with Crippen molar-refractivity contribution in [2.45, 2.75) is 32.5 Å². The molecule has 1 aliphatic heterocycles. The summed E-state index contributed by atoms with van der Waals surface area (Å²) in [4.78, 5) is 0. The van der Waals surface area contributed by atoms with Crippen LogP contribution in [0.5, 0.6) is 0 Å². The van der Waals surface area contributed by atoms with E-state index in [0.717, 1.165) is 38.2 Å². The van der Waals surface area contributed by atoms with E-state index in [1.165, 1.54) is 0 Å². The molecule has 0 radical (unpaired) electrons. The first kappa shape index (κ1) is 16.4. The van der Waals surface area contributed by atoms with Gasteiger partial charge < -0.3 is 19.9 Å². The highest BCUT2D eigenvalue weighted by atomic mass is 16.5. The monoisotopic (exact) mass is 293 g/mol. The van der Waals surface area contributed by atoms with E-state index in [-0.39, 0.29) is 0 Å². The number of nitrogens with one attached hydrogen (secondary N) is 1. The number of hydrogen-bond acceptors (Lipinski definition) is 4.